The number of rotatable bonds is 2. The van der Waals surface area contributed by atoms with Crippen LogP contribution in [0.25, 0.3) is 0 Å². The molecule has 0 aliphatic carbocycles. The van der Waals surface area contributed by atoms with Gasteiger partial charge in [0.1, 0.15) is 0 Å². The highest BCUT2D eigenvalue weighted by atomic mass is 32.2. The molecule has 0 bridgehead atoms. The molecule has 0 spiro atoms. The van der Waals surface area contributed by atoms with Gasteiger partial charge in [-0.3, -0.25) is 10.8 Å². The van der Waals surface area contributed by atoms with E-state index in [0.717, 1.165) is 19.5 Å². The van der Waals surface area contributed by atoms with Gasteiger partial charge >= 0.3 is 0 Å². The van der Waals surface area contributed by atoms with Gasteiger partial charge in [0.2, 0.25) is 0 Å². The van der Waals surface area contributed by atoms with Gasteiger partial charge in [-0.15, -0.1) is 0 Å². The highest BCUT2D eigenvalue weighted by Crippen LogP contribution is 2.15. The summed E-state index contributed by atoms with van der Waals surface area (Å²) in [7, 11) is 0. The summed E-state index contributed by atoms with van der Waals surface area (Å²) in [6.45, 7) is 3.80. The quantitative estimate of drug-likeness (QED) is 0.433. The van der Waals surface area contributed by atoms with E-state index in [1.807, 2.05) is 0 Å². The Balaban J connectivity index is 2.14. The second-order valence-electron chi connectivity index (χ2n) is 2.81. The van der Waals surface area contributed by atoms with Crippen LogP contribution in [0.4, 0.5) is 0 Å². The summed E-state index contributed by atoms with van der Waals surface area (Å²) in [6.07, 6.45) is 0.841. The van der Waals surface area contributed by atoms with Gasteiger partial charge in [-0.25, -0.2) is 0 Å². The minimum atomic E-state index is 0.516. The first-order valence-electron chi connectivity index (χ1n) is 3.69. The van der Waals surface area contributed by atoms with E-state index in [0.29, 0.717) is 16.0 Å². The predicted octanol–water partition coefficient (Wildman–Crippen LogP) is 1.30. The van der Waals surface area contributed by atoms with Gasteiger partial charge in [-0.05, 0) is 25.9 Å². The van der Waals surface area contributed by atoms with Crippen molar-refractivity contribution in [3.8, 4) is 0 Å². The Morgan fingerprint density at radius 3 is 2.55 bits per heavy atom. The van der Waals surface area contributed by atoms with E-state index in [4.69, 9.17) is 10.8 Å². The molecule has 0 atom stereocenters. The van der Waals surface area contributed by atoms with Gasteiger partial charge in [-0.1, -0.05) is 11.8 Å². The maximum Gasteiger partial charge on any atom is 0.0704 e. The van der Waals surface area contributed by atoms with Crippen LogP contribution in [0, 0.1) is 16.7 Å². The van der Waals surface area contributed by atoms with Gasteiger partial charge in [0.15, 0.2) is 0 Å². The molecule has 11 heavy (non-hydrogen) atoms. The summed E-state index contributed by atoms with van der Waals surface area (Å²) in [5.41, 5.74) is 0. The molecular weight excluding hydrogens is 158 g/mol. The number of hydrogen-bond acceptors (Lipinski definition) is 4. The van der Waals surface area contributed by atoms with Gasteiger partial charge < -0.3 is 5.32 Å². The van der Waals surface area contributed by atoms with Crippen LogP contribution in [0.15, 0.2) is 0 Å². The fraction of sp³-hybridized carbons (Fsp3) is 0.714. The molecule has 1 rings (SSSR count). The molecule has 0 radical (unpaired) electrons. The van der Waals surface area contributed by atoms with Crippen LogP contribution in [-0.4, -0.2) is 23.2 Å². The smallest absolute Gasteiger partial charge is 0.0704 e. The molecule has 1 saturated heterocycles. The minimum absolute atomic E-state index is 0.516. The Kier molecular flexibility index (Phi) is 3.08. The summed E-state index contributed by atoms with van der Waals surface area (Å²) in [4.78, 5) is 0. The zero-order valence-electron chi connectivity index (χ0n) is 6.61. The second-order valence-corrected chi connectivity index (χ2v) is 4.12. The lowest BCUT2D eigenvalue weighted by Crippen LogP contribution is -2.42. The van der Waals surface area contributed by atoms with Crippen molar-refractivity contribution in [2.75, 3.05) is 13.1 Å². The van der Waals surface area contributed by atoms with E-state index in [2.05, 4.69) is 5.32 Å². The molecule has 0 amide bonds. The van der Waals surface area contributed by atoms with E-state index in [1.54, 1.807) is 6.92 Å². The van der Waals surface area contributed by atoms with Gasteiger partial charge in [0, 0.05) is 6.42 Å². The van der Waals surface area contributed by atoms with Gasteiger partial charge in [0.25, 0.3) is 0 Å². The summed E-state index contributed by atoms with van der Waals surface area (Å²) in [6, 6.07) is 0. The summed E-state index contributed by atoms with van der Waals surface area (Å²) < 4.78 is 0. The number of nitrogens with one attached hydrogen (secondary N) is 3. The monoisotopic (exact) mass is 171 g/mol. The minimum Gasteiger partial charge on any atom is -0.316 e. The van der Waals surface area contributed by atoms with E-state index in [1.165, 1.54) is 11.8 Å². The maximum atomic E-state index is 7.48. The number of hydrogen-bond donors (Lipinski definition) is 3. The molecule has 0 aromatic rings. The number of thioether (sulfide) groups is 1. The van der Waals surface area contributed by atoms with Gasteiger partial charge in [0.05, 0.1) is 10.1 Å². The Morgan fingerprint density at radius 2 is 2.18 bits per heavy atom. The highest BCUT2D eigenvalue weighted by Gasteiger charge is 2.18. The molecule has 3 nitrogen and oxygen atoms in total. The standard InChI is InChI=1S/C7H13N3S/c1-5(8)11-7(9)2-6-3-10-4-6/h6,8-10H,2-4H2,1H3. The van der Waals surface area contributed by atoms with E-state index in [-0.39, 0.29) is 0 Å². The molecule has 1 aliphatic rings. The highest BCUT2D eigenvalue weighted by molar-refractivity contribution is 8.26. The third-order valence-electron chi connectivity index (χ3n) is 1.62. The summed E-state index contributed by atoms with van der Waals surface area (Å²) in [5, 5.41) is 18.9. The molecule has 1 aliphatic heterocycles. The van der Waals surface area contributed by atoms with Crippen molar-refractivity contribution in [1.82, 2.24) is 5.32 Å². The molecule has 1 fully saturated rings. The Labute approximate surface area is 71.0 Å². The van der Waals surface area contributed by atoms with Crippen molar-refractivity contribution in [2.45, 2.75) is 13.3 Å². The lowest BCUT2D eigenvalue weighted by atomic mass is 10.0. The summed E-state index contributed by atoms with van der Waals surface area (Å²) in [5.74, 6) is 0.648. The lowest BCUT2D eigenvalue weighted by molar-refractivity contribution is 0.360. The Morgan fingerprint density at radius 1 is 1.55 bits per heavy atom. The SMILES string of the molecule is CC(=N)SC(=N)CC1CNC1. The normalized spacial score (nSPS) is 17.5. The molecule has 4 heteroatoms. The van der Waals surface area contributed by atoms with Crippen molar-refractivity contribution in [1.29, 1.82) is 10.8 Å². The average molecular weight is 171 g/mol. The van der Waals surface area contributed by atoms with Crippen LogP contribution in [0.3, 0.4) is 0 Å². The molecule has 3 N–H and O–H groups in total. The zero-order chi connectivity index (χ0) is 8.27. The topological polar surface area (TPSA) is 59.7 Å². The van der Waals surface area contributed by atoms with Crippen molar-refractivity contribution in [2.24, 2.45) is 5.92 Å². The van der Waals surface area contributed by atoms with Gasteiger partial charge in [-0.2, -0.15) is 0 Å². The van der Waals surface area contributed by atoms with Crippen LogP contribution < -0.4 is 5.32 Å². The first kappa shape index (κ1) is 8.74. The largest absolute Gasteiger partial charge is 0.316 e. The Hall–Kier alpha value is -0.350. The predicted molar refractivity (Wildman–Crippen MR) is 49.7 cm³/mol. The van der Waals surface area contributed by atoms with E-state index >= 15 is 0 Å². The zero-order valence-corrected chi connectivity index (χ0v) is 7.42. The van der Waals surface area contributed by atoms with E-state index in [9.17, 15) is 0 Å². The molecule has 0 aromatic carbocycles. The molecule has 62 valence electrons. The second kappa shape index (κ2) is 3.88. The Bertz CT molecular complexity index is 175. The van der Waals surface area contributed by atoms with Crippen molar-refractivity contribution in [3.05, 3.63) is 0 Å². The first-order valence-corrected chi connectivity index (χ1v) is 4.51. The summed E-state index contributed by atoms with van der Waals surface area (Å²) >= 11 is 1.27. The van der Waals surface area contributed by atoms with Crippen molar-refractivity contribution >= 4 is 21.8 Å². The van der Waals surface area contributed by atoms with Crippen LogP contribution in [0.5, 0.6) is 0 Å². The third kappa shape index (κ3) is 3.03. The maximum absolute atomic E-state index is 7.48. The third-order valence-corrected chi connectivity index (χ3v) is 2.34. The molecule has 0 saturated carbocycles. The molecule has 0 aromatic heterocycles. The van der Waals surface area contributed by atoms with Crippen LogP contribution in [0.2, 0.25) is 0 Å². The van der Waals surface area contributed by atoms with E-state index < -0.39 is 0 Å². The lowest BCUT2D eigenvalue weighted by Gasteiger charge is -2.26. The first-order chi connectivity index (χ1) is 5.18. The van der Waals surface area contributed by atoms with Crippen molar-refractivity contribution in [3.63, 3.8) is 0 Å². The van der Waals surface area contributed by atoms with Crippen LogP contribution in [0.1, 0.15) is 13.3 Å². The van der Waals surface area contributed by atoms with Crippen LogP contribution >= 0.6 is 11.8 Å². The fourth-order valence-electron chi connectivity index (χ4n) is 0.981. The van der Waals surface area contributed by atoms with Crippen LogP contribution in [-0.2, 0) is 0 Å². The average Bonchev–Trinajstić information content (AvgIpc) is 1.77. The molecular formula is C7H13N3S. The molecule has 1 heterocycles. The molecule has 0 unspecified atom stereocenters. The van der Waals surface area contributed by atoms with Crippen molar-refractivity contribution < 1.29 is 0 Å². The fourth-order valence-corrected chi connectivity index (χ4v) is 1.67.